The van der Waals surface area contributed by atoms with E-state index < -0.39 is 5.91 Å². The Morgan fingerprint density at radius 2 is 1.88 bits per heavy atom. The molecule has 2 aromatic carbocycles. The molecule has 0 fully saturated rings. The van der Waals surface area contributed by atoms with Crippen molar-refractivity contribution in [3.63, 3.8) is 0 Å². The molecule has 9 heteroatoms. The van der Waals surface area contributed by atoms with Crippen LogP contribution in [-0.2, 0) is 11.4 Å². The fourth-order valence-corrected chi connectivity index (χ4v) is 3.56. The summed E-state index contributed by atoms with van der Waals surface area (Å²) in [6, 6.07) is 16.1. The summed E-state index contributed by atoms with van der Waals surface area (Å²) in [5.41, 5.74) is 8.57. The molecule has 0 aliphatic heterocycles. The zero-order valence-corrected chi connectivity index (χ0v) is 18.6. The first-order valence-corrected chi connectivity index (χ1v) is 10.9. The molecule has 0 spiro atoms. The number of benzene rings is 2. The summed E-state index contributed by atoms with van der Waals surface area (Å²) in [5, 5.41) is 9.90. The van der Waals surface area contributed by atoms with Crippen LogP contribution < -0.4 is 15.8 Å². The molecular formula is C24H21N5O3S. The van der Waals surface area contributed by atoms with E-state index in [1.54, 1.807) is 53.9 Å². The average molecular weight is 460 g/mol. The van der Waals surface area contributed by atoms with Gasteiger partial charge in [0, 0.05) is 23.3 Å². The molecule has 166 valence electrons. The van der Waals surface area contributed by atoms with Gasteiger partial charge in [0.15, 0.2) is 0 Å². The fraction of sp³-hybridized carbons (Fsp3) is 0.0833. The molecule has 3 N–H and O–H groups in total. The molecule has 8 nitrogen and oxygen atoms in total. The van der Waals surface area contributed by atoms with Gasteiger partial charge >= 0.3 is 0 Å². The number of nitrogens with one attached hydrogen (secondary N) is 1. The van der Waals surface area contributed by atoms with Crippen LogP contribution in [0.5, 0.6) is 5.75 Å². The number of amides is 2. The Labute approximate surface area is 194 Å². The van der Waals surface area contributed by atoms with Crippen molar-refractivity contribution in [3.05, 3.63) is 94.2 Å². The van der Waals surface area contributed by atoms with Crippen molar-refractivity contribution in [2.24, 2.45) is 5.73 Å². The van der Waals surface area contributed by atoms with Crippen LogP contribution in [0.1, 0.15) is 26.8 Å². The lowest BCUT2D eigenvalue weighted by Gasteiger charge is -2.05. The quantitative estimate of drug-likeness (QED) is 0.387. The zero-order valence-electron chi connectivity index (χ0n) is 17.8. The van der Waals surface area contributed by atoms with Gasteiger partial charge in [0.1, 0.15) is 18.1 Å². The van der Waals surface area contributed by atoms with Crippen LogP contribution in [0, 0.1) is 6.92 Å². The molecule has 0 radical (unpaired) electrons. The highest BCUT2D eigenvalue weighted by Gasteiger charge is 2.06. The third-order valence-electron chi connectivity index (χ3n) is 4.60. The molecule has 0 unspecified atom stereocenters. The number of rotatable bonds is 8. The topological polar surface area (TPSA) is 112 Å². The molecule has 4 aromatic rings. The Morgan fingerprint density at radius 3 is 2.52 bits per heavy atom. The number of nitrogens with zero attached hydrogens (tertiary/aromatic N) is 3. The molecule has 2 heterocycles. The van der Waals surface area contributed by atoms with Crippen molar-refractivity contribution in [2.75, 3.05) is 5.32 Å². The third-order valence-corrected chi connectivity index (χ3v) is 5.42. The summed E-state index contributed by atoms with van der Waals surface area (Å²) in [4.78, 5) is 27.8. The summed E-state index contributed by atoms with van der Waals surface area (Å²) < 4.78 is 7.27. The Bertz CT molecular complexity index is 1290. The van der Waals surface area contributed by atoms with Gasteiger partial charge in [-0.3, -0.25) is 9.59 Å². The van der Waals surface area contributed by atoms with Gasteiger partial charge in [-0.05, 0) is 61.0 Å². The first kappa shape index (κ1) is 22.0. The van der Waals surface area contributed by atoms with E-state index in [9.17, 15) is 9.59 Å². The number of thiazole rings is 1. The molecular weight excluding hydrogens is 438 g/mol. The SMILES string of the molecule is Cc1nc(COc2ccc(/C=C/C(=O)Nc3ccc(-n4ccc(C(N)=O)n4)cc3)cc2)cs1. The van der Waals surface area contributed by atoms with Gasteiger partial charge in [-0.25, -0.2) is 9.67 Å². The molecule has 0 atom stereocenters. The standard InChI is InChI=1S/C24H21N5O3S/c1-16-26-19(15-33-16)14-32-21-9-2-17(3-10-21)4-11-23(30)27-18-5-7-20(8-6-18)29-13-12-22(28-29)24(25)31/h2-13,15H,14H2,1H3,(H2,25,31)(H,27,30)/b11-4+. The van der Waals surface area contributed by atoms with E-state index in [1.807, 2.05) is 36.6 Å². The first-order chi connectivity index (χ1) is 16.0. The smallest absolute Gasteiger partial charge is 0.269 e. The zero-order chi connectivity index (χ0) is 23.2. The summed E-state index contributed by atoms with van der Waals surface area (Å²) >= 11 is 1.60. The van der Waals surface area contributed by atoms with E-state index in [4.69, 9.17) is 10.5 Å². The fourth-order valence-electron chi connectivity index (χ4n) is 2.96. The summed E-state index contributed by atoms with van der Waals surface area (Å²) in [7, 11) is 0. The predicted octanol–water partition coefficient (Wildman–Crippen LogP) is 3.97. The van der Waals surface area contributed by atoms with Gasteiger partial charge in [-0.1, -0.05) is 12.1 Å². The normalized spacial score (nSPS) is 10.9. The van der Waals surface area contributed by atoms with Crippen molar-refractivity contribution in [3.8, 4) is 11.4 Å². The molecule has 0 saturated heterocycles. The molecule has 0 aliphatic carbocycles. The van der Waals surface area contributed by atoms with Crippen LogP contribution in [-0.4, -0.2) is 26.6 Å². The maximum absolute atomic E-state index is 12.2. The third kappa shape index (κ3) is 5.92. The highest BCUT2D eigenvalue weighted by Crippen LogP contribution is 2.17. The highest BCUT2D eigenvalue weighted by atomic mass is 32.1. The van der Waals surface area contributed by atoms with E-state index in [-0.39, 0.29) is 11.6 Å². The van der Waals surface area contributed by atoms with Gasteiger partial charge in [0.2, 0.25) is 5.91 Å². The lowest BCUT2D eigenvalue weighted by atomic mass is 10.2. The second-order valence-electron chi connectivity index (χ2n) is 7.09. The van der Waals surface area contributed by atoms with Gasteiger partial charge in [-0.15, -0.1) is 11.3 Å². The summed E-state index contributed by atoms with van der Waals surface area (Å²) in [6.45, 7) is 2.39. The van der Waals surface area contributed by atoms with Gasteiger partial charge < -0.3 is 15.8 Å². The van der Waals surface area contributed by atoms with Crippen molar-refractivity contribution in [1.29, 1.82) is 0 Å². The average Bonchev–Trinajstić information content (AvgIpc) is 3.47. The van der Waals surface area contributed by atoms with Crippen LogP contribution >= 0.6 is 11.3 Å². The van der Waals surface area contributed by atoms with Crippen LogP contribution in [0.3, 0.4) is 0 Å². The lowest BCUT2D eigenvalue weighted by molar-refractivity contribution is -0.111. The summed E-state index contributed by atoms with van der Waals surface area (Å²) in [6.07, 6.45) is 4.84. The number of hydrogen-bond donors (Lipinski definition) is 2. The van der Waals surface area contributed by atoms with E-state index >= 15 is 0 Å². The van der Waals surface area contributed by atoms with Crippen molar-refractivity contribution < 1.29 is 14.3 Å². The lowest BCUT2D eigenvalue weighted by Crippen LogP contribution is -2.12. The van der Waals surface area contributed by atoms with E-state index in [1.165, 1.54) is 10.8 Å². The first-order valence-electron chi connectivity index (χ1n) is 10.0. The number of anilines is 1. The van der Waals surface area contributed by atoms with Crippen molar-refractivity contribution in [2.45, 2.75) is 13.5 Å². The maximum atomic E-state index is 12.2. The van der Waals surface area contributed by atoms with Crippen molar-refractivity contribution in [1.82, 2.24) is 14.8 Å². The minimum atomic E-state index is -0.586. The van der Waals surface area contributed by atoms with Crippen molar-refractivity contribution >= 4 is 34.9 Å². The molecule has 0 saturated carbocycles. The molecule has 33 heavy (non-hydrogen) atoms. The molecule has 0 aliphatic rings. The summed E-state index contributed by atoms with van der Waals surface area (Å²) in [5.74, 6) is -0.100. The maximum Gasteiger partial charge on any atom is 0.269 e. The highest BCUT2D eigenvalue weighted by molar-refractivity contribution is 7.09. The Balaban J connectivity index is 1.29. The number of primary amides is 1. The second-order valence-corrected chi connectivity index (χ2v) is 8.16. The number of carbonyl (C=O) groups excluding carboxylic acids is 2. The van der Waals surface area contributed by atoms with Crippen LogP contribution in [0.15, 0.2) is 72.3 Å². The number of carbonyl (C=O) groups is 2. The van der Waals surface area contributed by atoms with Crippen LogP contribution in [0.25, 0.3) is 11.8 Å². The number of hydrogen-bond acceptors (Lipinski definition) is 6. The van der Waals surface area contributed by atoms with Gasteiger partial charge in [0.25, 0.3) is 5.91 Å². The minimum Gasteiger partial charge on any atom is -0.487 e. The monoisotopic (exact) mass is 459 g/mol. The number of aryl methyl sites for hydroxylation is 1. The number of aromatic nitrogens is 3. The van der Waals surface area contributed by atoms with E-state index in [0.717, 1.165) is 27.7 Å². The molecule has 2 amide bonds. The van der Waals surface area contributed by atoms with Crippen LogP contribution in [0.2, 0.25) is 0 Å². The van der Waals surface area contributed by atoms with Gasteiger partial charge in [-0.2, -0.15) is 5.10 Å². The molecule has 2 aromatic heterocycles. The minimum absolute atomic E-state index is 0.187. The van der Waals surface area contributed by atoms with E-state index in [2.05, 4.69) is 15.4 Å². The Morgan fingerprint density at radius 1 is 1.12 bits per heavy atom. The largest absolute Gasteiger partial charge is 0.487 e. The van der Waals surface area contributed by atoms with Gasteiger partial charge in [0.05, 0.1) is 16.4 Å². The number of ether oxygens (including phenoxy) is 1. The predicted molar refractivity (Wildman–Crippen MR) is 127 cm³/mol. The molecule has 0 bridgehead atoms. The Hall–Kier alpha value is -4.24. The van der Waals surface area contributed by atoms with E-state index in [0.29, 0.717) is 12.3 Å². The second kappa shape index (κ2) is 9.92. The van der Waals surface area contributed by atoms with Crippen LogP contribution in [0.4, 0.5) is 5.69 Å². The Kier molecular flexibility index (Phi) is 6.61. The molecule has 4 rings (SSSR count). The number of nitrogens with two attached hydrogens (primary N) is 1.